The predicted octanol–water partition coefficient (Wildman–Crippen LogP) is 3.15. The first-order chi connectivity index (χ1) is 12.4. The molecule has 2 fully saturated rings. The Bertz CT molecular complexity index is 815. The fourth-order valence-electron chi connectivity index (χ4n) is 3.62. The normalized spacial score (nSPS) is 22.0. The van der Waals surface area contributed by atoms with Crippen LogP contribution in [0.3, 0.4) is 0 Å². The van der Waals surface area contributed by atoms with Gasteiger partial charge in [0.2, 0.25) is 5.91 Å². The van der Waals surface area contributed by atoms with E-state index in [4.69, 9.17) is 0 Å². The van der Waals surface area contributed by atoms with Crippen molar-refractivity contribution in [3.05, 3.63) is 47.5 Å². The van der Waals surface area contributed by atoms with Crippen LogP contribution in [0.15, 0.2) is 30.6 Å². The van der Waals surface area contributed by atoms with Crippen molar-refractivity contribution in [3.8, 4) is 0 Å². The van der Waals surface area contributed by atoms with E-state index >= 15 is 0 Å². The van der Waals surface area contributed by atoms with Gasteiger partial charge in [-0.1, -0.05) is 24.3 Å². The van der Waals surface area contributed by atoms with E-state index in [1.807, 2.05) is 35.8 Å². The Balaban J connectivity index is 1.58. The van der Waals surface area contributed by atoms with Crippen molar-refractivity contribution in [1.82, 2.24) is 19.7 Å². The van der Waals surface area contributed by atoms with E-state index in [0.29, 0.717) is 11.7 Å². The van der Waals surface area contributed by atoms with Gasteiger partial charge < -0.3 is 9.47 Å². The van der Waals surface area contributed by atoms with Gasteiger partial charge in [-0.05, 0) is 36.8 Å². The van der Waals surface area contributed by atoms with Crippen LogP contribution in [0.5, 0.6) is 0 Å². The van der Waals surface area contributed by atoms with E-state index in [2.05, 4.69) is 10.2 Å². The topological polar surface area (TPSA) is 51.0 Å². The van der Waals surface area contributed by atoms with Gasteiger partial charge in [0, 0.05) is 13.0 Å². The first kappa shape index (κ1) is 17.1. The Labute approximate surface area is 151 Å². The third kappa shape index (κ3) is 3.48. The van der Waals surface area contributed by atoms with Crippen molar-refractivity contribution in [1.29, 1.82) is 0 Å². The SMILES string of the molecule is Cc1ccccc1CC(=O)N1CC(F)(F)C[C@H]1c1nncn1CC1CC1. The van der Waals surface area contributed by atoms with Gasteiger partial charge in [0.05, 0.1) is 19.0 Å². The largest absolute Gasteiger partial charge is 0.326 e. The molecule has 1 aromatic carbocycles. The molecule has 1 aromatic heterocycles. The molecule has 0 unspecified atom stereocenters. The summed E-state index contributed by atoms with van der Waals surface area (Å²) in [5, 5.41) is 8.00. The standard InChI is InChI=1S/C19H22F2N4O/c1-13-4-2-3-5-15(13)8-17(26)25-11-19(20,21)9-16(25)18-23-22-12-24(18)10-14-6-7-14/h2-5,12,14,16H,6-11H2,1H3/t16-/m0/s1. The minimum atomic E-state index is -2.90. The zero-order chi connectivity index (χ0) is 18.3. The lowest BCUT2D eigenvalue weighted by molar-refractivity contribution is -0.132. The molecule has 1 amide bonds. The van der Waals surface area contributed by atoms with Gasteiger partial charge >= 0.3 is 0 Å². The number of alkyl halides is 2. The Morgan fingerprint density at radius 2 is 2.08 bits per heavy atom. The molecular weight excluding hydrogens is 338 g/mol. The second kappa shape index (κ2) is 6.45. The van der Waals surface area contributed by atoms with Gasteiger partial charge in [-0.15, -0.1) is 10.2 Å². The summed E-state index contributed by atoms with van der Waals surface area (Å²) in [6, 6.07) is 6.83. The highest BCUT2D eigenvalue weighted by Crippen LogP contribution is 2.41. The van der Waals surface area contributed by atoms with Crippen LogP contribution in [-0.2, 0) is 17.8 Å². The number of aromatic nitrogens is 3. The lowest BCUT2D eigenvalue weighted by atomic mass is 10.0. The van der Waals surface area contributed by atoms with Crippen LogP contribution in [0.4, 0.5) is 8.78 Å². The summed E-state index contributed by atoms with van der Waals surface area (Å²) >= 11 is 0. The van der Waals surface area contributed by atoms with Gasteiger partial charge in [0.1, 0.15) is 6.33 Å². The number of nitrogens with zero attached hydrogens (tertiary/aromatic N) is 4. The molecule has 5 nitrogen and oxygen atoms in total. The van der Waals surface area contributed by atoms with Crippen molar-refractivity contribution in [2.75, 3.05) is 6.54 Å². The fraction of sp³-hybridized carbons (Fsp3) is 0.526. The second-order valence-corrected chi connectivity index (χ2v) is 7.49. The highest BCUT2D eigenvalue weighted by molar-refractivity contribution is 5.80. The Hall–Kier alpha value is -2.31. The van der Waals surface area contributed by atoms with Crippen LogP contribution in [0.1, 0.15) is 42.3 Å². The maximum Gasteiger partial charge on any atom is 0.267 e. The lowest BCUT2D eigenvalue weighted by Crippen LogP contribution is -2.35. The first-order valence-corrected chi connectivity index (χ1v) is 9.02. The second-order valence-electron chi connectivity index (χ2n) is 7.49. The number of aryl methyl sites for hydroxylation is 1. The summed E-state index contributed by atoms with van der Waals surface area (Å²) in [4.78, 5) is 14.1. The van der Waals surface area contributed by atoms with Gasteiger partial charge in [-0.2, -0.15) is 0 Å². The molecule has 1 saturated heterocycles. The molecule has 1 atom stereocenters. The molecule has 0 bridgehead atoms. The smallest absolute Gasteiger partial charge is 0.267 e. The summed E-state index contributed by atoms with van der Waals surface area (Å²) < 4.78 is 30.2. The number of hydrogen-bond donors (Lipinski definition) is 0. The Kier molecular flexibility index (Phi) is 4.25. The van der Waals surface area contributed by atoms with Crippen molar-refractivity contribution in [2.45, 2.75) is 51.1 Å². The summed E-state index contributed by atoms with van der Waals surface area (Å²) in [7, 11) is 0. The number of amides is 1. The molecule has 1 saturated carbocycles. The van der Waals surface area contributed by atoms with Crippen molar-refractivity contribution >= 4 is 5.91 Å². The average molecular weight is 360 g/mol. The number of carbonyl (C=O) groups is 1. The highest BCUT2D eigenvalue weighted by atomic mass is 19.3. The van der Waals surface area contributed by atoms with Gasteiger partial charge in [0.15, 0.2) is 5.82 Å². The predicted molar refractivity (Wildman–Crippen MR) is 91.6 cm³/mol. The molecule has 1 aliphatic heterocycles. The minimum absolute atomic E-state index is 0.121. The van der Waals surface area contributed by atoms with Gasteiger partial charge in [-0.3, -0.25) is 4.79 Å². The summed E-state index contributed by atoms with van der Waals surface area (Å²) in [5.74, 6) is -2.14. The van der Waals surface area contributed by atoms with Crippen LogP contribution >= 0.6 is 0 Å². The van der Waals surface area contributed by atoms with Crippen LogP contribution in [-0.4, -0.2) is 38.0 Å². The van der Waals surface area contributed by atoms with Crippen molar-refractivity contribution in [2.24, 2.45) is 5.92 Å². The zero-order valence-electron chi connectivity index (χ0n) is 14.7. The van der Waals surface area contributed by atoms with E-state index in [-0.39, 0.29) is 12.3 Å². The monoisotopic (exact) mass is 360 g/mol. The Morgan fingerprint density at radius 3 is 2.81 bits per heavy atom. The molecule has 0 spiro atoms. The molecule has 2 aliphatic rings. The number of rotatable bonds is 5. The van der Waals surface area contributed by atoms with E-state index < -0.39 is 24.9 Å². The fourth-order valence-corrected chi connectivity index (χ4v) is 3.62. The van der Waals surface area contributed by atoms with E-state index in [9.17, 15) is 13.6 Å². The molecule has 0 N–H and O–H groups in total. The average Bonchev–Trinajstić information content (AvgIpc) is 3.18. The van der Waals surface area contributed by atoms with Crippen LogP contribution < -0.4 is 0 Å². The zero-order valence-corrected chi connectivity index (χ0v) is 14.7. The molecule has 1 aliphatic carbocycles. The minimum Gasteiger partial charge on any atom is -0.326 e. The van der Waals surface area contributed by atoms with E-state index in [1.165, 1.54) is 4.90 Å². The highest BCUT2D eigenvalue weighted by Gasteiger charge is 2.49. The van der Waals surface area contributed by atoms with Crippen molar-refractivity contribution < 1.29 is 13.6 Å². The molecule has 2 heterocycles. The summed E-state index contributed by atoms with van der Waals surface area (Å²) in [5.41, 5.74) is 1.85. The summed E-state index contributed by atoms with van der Waals surface area (Å²) in [6.45, 7) is 2.11. The summed E-state index contributed by atoms with van der Waals surface area (Å²) in [6.07, 6.45) is 3.61. The number of halogens is 2. The third-order valence-electron chi connectivity index (χ3n) is 5.29. The van der Waals surface area contributed by atoms with Crippen LogP contribution in [0, 0.1) is 12.8 Å². The van der Waals surface area contributed by atoms with Crippen molar-refractivity contribution in [3.63, 3.8) is 0 Å². The van der Waals surface area contributed by atoms with Crippen LogP contribution in [0.2, 0.25) is 0 Å². The number of benzene rings is 1. The molecule has 2 aromatic rings. The van der Waals surface area contributed by atoms with E-state index in [0.717, 1.165) is 30.5 Å². The first-order valence-electron chi connectivity index (χ1n) is 9.02. The van der Waals surface area contributed by atoms with Gasteiger partial charge in [0.25, 0.3) is 5.92 Å². The maximum atomic E-state index is 14.2. The van der Waals surface area contributed by atoms with Crippen LogP contribution in [0.25, 0.3) is 0 Å². The quantitative estimate of drug-likeness (QED) is 0.823. The third-order valence-corrected chi connectivity index (χ3v) is 5.29. The molecule has 7 heteroatoms. The Morgan fingerprint density at radius 1 is 1.31 bits per heavy atom. The number of hydrogen-bond acceptors (Lipinski definition) is 3. The van der Waals surface area contributed by atoms with E-state index in [1.54, 1.807) is 6.33 Å². The molecular formula is C19H22F2N4O. The van der Waals surface area contributed by atoms with Gasteiger partial charge in [-0.25, -0.2) is 8.78 Å². The molecule has 4 rings (SSSR count). The molecule has 26 heavy (non-hydrogen) atoms. The lowest BCUT2D eigenvalue weighted by Gasteiger charge is -2.24. The number of likely N-dealkylation sites (tertiary alicyclic amines) is 1. The maximum absolute atomic E-state index is 14.2. The molecule has 138 valence electrons. The number of carbonyl (C=O) groups excluding carboxylic acids is 1. The molecule has 0 radical (unpaired) electrons.